The van der Waals surface area contributed by atoms with E-state index in [0.717, 1.165) is 27.8 Å². The zero-order valence-electron chi connectivity index (χ0n) is 14.0. The Morgan fingerprint density at radius 2 is 2.08 bits per heavy atom. The van der Waals surface area contributed by atoms with Gasteiger partial charge in [-0.3, -0.25) is 4.79 Å². The number of fused-ring (bicyclic) bond motifs is 1. The second-order valence-electron chi connectivity index (χ2n) is 5.68. The highest BCUT2D eigenvalue weighted by molar-refractivity contribution is 7.17. The number of carbonyl (C=O) groups excluding carboxylic acids is 1. The van der Waals surface area contributed by atoms with E-state index >= 15 is 0 Å². The standard InChI is InChI=1S/C18H18FN3O2S/c1-3-11(2)22-15(23)8-24-17-16-14(9-25-18(16)21-10-20-17)12-4-6-13(19)7-5-12/h4-7,9-11H,3,8H2,1-2H3,(H,22,23)/t11-/m1/s1. The topological polar surface area (TPSA) is 64.1 Å². The summed E-state index contributed by atoms with van der Waals surface area (Å²) in [6, 6.07) is 6.30. The second-order valence-corrected chi connectivity index (χ2v) is 6.54. The SMILES string of the molecule is CC[C@@H](C)NC(=O)COc1ncnc2scc(-c3ccc(F)cc3)c12. The van der Waals surface area contributed by atoms with Crippen LogP contribution in [0.1, 0.15) is 20.3 Å². The predicted molar refractivity (Wildman–Crippen MR) is 96.2 cm³/mol. The van der Waals surface area contributed by atoms with E-state index in [2.05, 4.69) is 15.3 Å². The van der Waals surface area contributed by atoms with E-state index in [4.69, 9.17) is 4.74 Å². The van der Waals surface area contributed by atoms with E-state index in [1.54, 1.807) is 12.1 Å². The van der Waals surface area contributed by atoms with Crippen molar-refractivity contribution in [2.45, 2.75) is 26.3 Å². The van der Waals surface area contributed by atoms with Crippen LogP contribution in [0.4, 0.5) is 4.39 Å². The van der Waals surface area contributed by atoms with Crippen molar-refractivity contribution >= 4 is 27.5 Å². The van der Waals surface area contributed by atoms with Crippen LogP contribution < -0.4 is 10.1 Å². The van der Waals surface area contributed by atoms with Gasteiger partial charge in [-0.2, -0.15) is 0 Å². The summed E-state index contributed by atoms with van der Waals surface area (Å²) in [5.74, 6) is -0.137. The Morgan fingerprint density at radius 1 is 1.32 bits per heavy atom. The molecule has 3 aromatic rings. The fourth-order valence-electron chi connectivity index (χ4n) is 2.35. The van der Waals surface area contributed by atoms with E-state index in [9.17, 15) is 9.18 Å². The highest BCUT2D eigenvalue weighted by Crippen LogP contribution is 2.37. The molecule has 0 saturated heterocycles. The van der Waals surface area contributed by atoms with Crippen LogP contribution >= 0.6 is 11.3 Å². The van der Waals surface area contributed by atoms with Crippen molar-refractivity contribution in [3.63, 3.8) is 0 Å². The molecule has 0 aliphatic heterocycles. The minimum absolute atomic E-state index is 0.0949. The quantitative estimate of drug-likeness (QED) is 0.727. The molecule has 0 aliphatic carbocycles. The number of ether oxygens (including phenoxy) is 1. The molecule has 130 valence electrons. The molecule has 3 rings (SSSR count). The number of nitrogens with zero attached hydrogens (tertiary/aromatic N) is 2. The highest BCUT2D eigenvalue weighted by Gasteiger charge is 2.15. The molecule has 1 N–H and O–H groups in total. The molecule has 1 aromatic carbocycles. The third-order valence-corrected chi connectivity index (χ3v) is 4.74. The number of carbonyl (C=O) groups is 1. The van der Waals surface area contributed by atoms with Crippen molar-refractivity contribution in [3.05, 3.63) is 41.8 Å². The summed E-state index contributed by atoms with van der Waals surface area (Å²) in [6.45, 7) is 3.82. The van der Waals surface area contributed by atoms with E-state index in [1.807, 2.05) is 19.2 Å². The molecular weight excluding hydrogens is 341 g/mol. The molecular formula is C18H18FN3O2S. The zero-order valence-corrected chi connectivity index (χ0v) is 14.8. The molecule has 0 spiro atoms. The number of hydrogen-bond donors (Lipinski definition) is 1. The molecule has 7 heteroatoms. The van der Waals surface area contributed by atoms with Gasteiger partial charge in [-0.1, -0.05) is 19.1 Å². The van der Waals surface area contributed by atoms with Gasteiger partial charge in [0.2, 0.25) is 5.88 Å². The van der Waals surface area contributed by atoms with Crippen molar-refractivity contribution in [3.8, 4) is 17.0 Å². The van der Waals surface area contributed by atoms with E-state index in [1.165, 1.54) is 29.8 Å². The molecule has 5 nitrogen and oxygen atoms in total. The van der Waals surface area contributed by atoms with Gasteiger partial charge in [-0.15, -0.1) is 11.3 Å². The monoisotopic (exact) mass is 359 g/mol. The molecule has 1 amide bonds. The Hall–Kier alpha value is -2.54. The average Bonchev–Trinajstić information content (AvgIpc) is 3.05. The molecule has 2 heterocycles. The first-order valence-electron chi connectivity index (χ1n) is 7.98. The molecule has 0 radical (unpaired) electrons. The first-order valence-corrected chi connectivity index (χ1v) is 8.86. The van der Waals surface area contributed by atoms with E-state index in [0.29, 0.717) is 5.88 Å². The summed E-state index contributed by atoms with van der Waals surface area (Å²) < 4.78 is 18.8. The van der Waals surface area contributed by atoms with E-state index in [-0.39, 0.29) is 24.4 Å². The van der Waals surface area contributed by atoms with Crippen LogP contribution in [0.5, 0.6) is 5.88 Å². The van der Waals surface area contributed by atoms with Gasteiger partial charge >= 0.3 is 0 Å². The third-order valence-electron chi connectivity index (χ3n) is 3.85. The Morgan fingerprint density at radius 3 is 2.80 bits per heavy atom. The predicted octanol–water partition coefficient (Wildman–Crippen LogP) is 3.79. The lowest BCUT2D eigenvalue weighted by atomic mass is 10.1. The van der Waals surface area contributed by atoms with Gasteiger partial charge in [0, 0.05) is 17.0 Å². The fourth-order valence-corrected chi connectivity index (χ4v) is 3.26. The number of aromatic nitrogens is 2. The van der Waals surface area contributed by atoms with Gasteiger partial charge in [-0.25, -0.2) is 14.4 Å². The zero-order chi connectivity index (χ0) is 17.8. The Bertz CT molecular complexity index is 880. The molecule has 0 fully saturated rings. The lowest BCUT2D eigenvalue weighted by molar-refractivity contribution is -0.123. The minimum atomic E-state index is -0.294. The lowest BCUT2D eigenvalue weighted by Gasteiger charge is -2.12. The molecule has 25 heavy (non-hydrogen) atoms. The summed E-state index contributed by atoms with van der Waals surface area (Å²) in [7, 11) is 0. The van der Waals surface area contributed by atoms with Crippen LogP contribution in [-0.4, -0.2) is 28.5 Å². The van der Waals surface area contributed by atoms with Crippen LogP contribution in [0.2, 0.25) is 0 Å². The number of amides is 1. The van der Waals surface area contributed by atoms with Crippen molar-refractivity contribution < 1.29 is 13.9 Å². The summed E-state index contributed by atoms with van der Waals surface area (Å²) in [5.41, 5.74) is 1.70. The summed E-state index contributed by atoms with van der Waals surface area (Å²) in [6.07, 6.45) is 2.26. The Labute approximate surface area is 148 Å². The second kappa shape index (κ2) is 7.57. The molecule has 0 bridgehead atoms. The van der Waals surface area contributed by atoms with Crippen LogP contribution in [0, 0.1) is 5.82 Å². The number of rotatable bonds is 6. The fraction of sp³-hybridized carbons (Fsp3) is 0.278. The number of thiophene rings is 1. The minimum Gasteiger partial charge on any atom is -0.467 e. The van der Waals surface area contributed by atoms with Gasteiger partial charge in [0.15, 0.2) is 6.61 Å². The number of nitrogens with one attached hydrogen (secondary N) is 1. The third kappa shape index (κ3) is 3.93. The maximum atomic E-state index is 13.2. The molecule has 0 saturated carbocycles. The summed E-state index contributed by atoms with van der Waals surface area (Å²) in [4.78, 5) is 21.1. The molecule has 0 aliphatic rings. The highest BCUT2D eigenvalue weighted by atomic mass is 32.1. The van der Waals surface area contributed by atoms with Gasteiger partial charge in [0.1, 0.15) is 17.0 Å². The van der Waals surface area contributed by atoms with Crippen molar-refractivity contribution in [2.24, 2.45) is 0 Å². The Balaban J connectivity index is 1.87. The lowest BCUT2D eigenvalue weighted by Crippen LogP contribution is -2.35. The summed E-state index contributed by atoms with van der Waals surface area (Å²) in [5, 5.41) is 5.51. The number of hydrogen-bond acceptors (Lipinski definition) is 5. The number of benzene rings is 1. The van der Waals surface area contributed by atoms with Crippen LogP contribution in [-0.2, 0) is 4.79 Å². The summed E-state index contributed by atoms with van der Waals surface area (Å²) >= 11 is 1.45. The van der Waals surface area contributed by atoms with Crippen molar-refractivity contribution in [1.82, 2.24) is 15.3 Å². The van der Waals surface area contributed by atoms with Gasteiger partial charge in [-0.05, 0) is 31.0 Å². The average molecular weight is 359 g/mol. The van der Waals surface area contributed by atoms with Crippen LogP contribution in [0.3, 0.4) is 0 Å². The van der Waals surface area contributed by atoms with Gasteiger partial charge < -0.3 is 10.1 Å². The normalized spacial score (nSPS) is 12.1. The van der Waals surface area contributed by atoms with Crippen LogP contribution in [0.15, 0.2) is 36.0 Å². The molecule has 0 unspecified atom stereocenters. The first kappa shape index (κ1) is 17.3. The van der Waals surface area contributed by atoms with Crippen LogP contribution in [0.25, 0.3) is 21.3 Å². The van der Waals surface area contributed by atoms with Gasteiger partial charge in [0.25, 0.3) is 5.91 Å². The van der Waals surface area contributed by atoms with Gasteiger partial charge in [0.05, 0.1) is 5.39 Å². The molecule has 2 aromatic heterocycles. The van der Waals surface area contributed by atoms with E-state index < -0.39 is 0 Å². The maximum Gasteiger partial charge on any atom is 0.258 e. The smallest absolute Gasteiger partial charge is 0.258 e. The first-order chi connectivity index (χ1) is 12.1. The van der Waals surface area contributed by atoms with Crippen molar-refractivity contribution in [1.29, 1.82) is 0 Å². The van der Waals surface area contributed by atoms with Crippen molar-refractivity contribution in [2.75, 3.05) is 6.61 Å². The Kier molecular flexibility index (Phi) is 5.23. The molecule has 1 atom stereocenters. The number of halogens is 1. The largest absolute Gasteiger partial charge is 0.467 e. The maximum absolute atomic E-state index is 13.2.